The van der Waals surface area contributed by atoms with Crippen LogP contribution in [0.5, 0.6) is 0 Å². The summed E-state index contributed by atoms with van der Waals surface area (Å²) in [6.45, 7) is 2.96. The molecule has 4 heteroatoms. The Bertz CT molecular complexity index is 508. The molecule has 3 N–H and O–H groups in total. The summed E-state index contributed by atoms with van der Waals surface area (Å²) in [6.07, 6.45) is 0.987. The molecular weight excluding hydrogens is 252 g/mol. The molecule has 0 amide bonds. The SMILES string of the molecule is Cc1cc(N)ccc1NCCc1ccc(Cl)s1. The molecule has 1 aromatic heterocycles. The number of nitrogens with two attached hydrogens (primary N) is 1. The Labute approximate surface area is 110 Å². The summed E-state index contributed by atoms with van der Waals surface area (Å²) < 4.78 is 0.851. The lowest BCUT2D eigenvalue weighted by Gasteiger charge is -2.09. The lowest BCUT2D eigenvalue weighted by atomic mass is 10.2. The fourth-order valence-electron chi connectivity index (χ4n) is 1.69. The Morgan fingerprint density at radius 3 is 2.76 bits per heavy atom. The third-order valence-corrected chi connectivity index (χ3v) is 3.86. The maximum Gasteiger partial charge on any atom is 0.0931 e. The molecule has 2 aromatic rings. The van der Waals surface area contributed by atoms with E-state index >= 15 is 0 Å². The average Bonchev–Trinajstić information content (AvgIpc) is 2.68. The van der Waals surface area contributed by atoms with Crippen molar-refractivity contribution in [3.63, 3.8) is 0 Å². The Morgan fingerprint density at radius 1 is 1.29 bits per heavy atom. The molecule has 0 bridgehead atoms. The second kappa shape index (κ2) is 5.43. The summed E-state index contributed by atoms with van der Waals surface area (Å²) in [5.74, 6) is 0. The van der Waals surface area contributed by atoms with Gasteiger partial charge in [0.2, 0.25) is 0 Å². The molecule has 0 radical (unpaired) electrons. The van der Waals surface area contributed by atoms with E-state index in [1.807, 2.05) is 24.3 Å². The number of halogens is 1. The number of nitrogens with one attached hydrogen (secondary N) is 1. The van der Waals surface area contributed by atoms with Gasteiger partial charge in [-0.15, -0.1) is 11.3 Å². The van der Waals surface area contributed by atoms with Crippen molar-refractivity contribution in [3.8, 4) is 0 Å². The molecular formula is C13H15ClN2S. The van der Waals surface area contributed by atoms with E-state index in [-0.39, 0.29) is 0 Å². The van der Waals surface area contributed by atoms with E-state index in [1.54, 1.807) is 11.3 Å². The molecule has 0 aliphatic carbocycles. The van der Waals surface area contributed by atoms with Crippen LogP contribution >= 0.6 is 22.9 Å². The monoisotopic (exact) mass is 266 g/mol. The molecule has 1 heterocycles. The standard InChI is InChI=1S/C13H15ClN2S/c1-9-8-10(15)2-4-12(9)16-7-6-11-3-5-13(14)17-11/h2-5,8,16H,6-7,15H2,1H3. The highest BCUT2D eigenvalue weighted by Crippen LogP contribution is 2.22. The summed E-state index contributed by atoms with van der Waals surface area (Å²) in [4.78, 5) is 1.30. The Morgan fingerprint density at radius 2 is 2.12 bits per heavy atom. The highest BCUT2D eigenvalue weighted by atomic mass is 35.5. The van der Waals surface area contributed by atoms with Gasteiger partial charge in [0.15, 0.2) is 0 Å². The number of benzene rings is 1. The van der Waals surface area contributed by atoms with Crippen molar-refractivity contribution < 1.29 is 0 Å². The van der Waals surface area contributed by atoms with Gasteiger partial charge in [-0.05, 0) is 49.2 Å². The van der Waals surface area contributed by atoms with Crippen LogP contribution in [0.3, 0.4) is 0 Å². The predicted molar refractivity (Wildman–Crippen MR) is 77.1 cm³/mol. The lowest BCUT2D eigenvalue weighted by molar-refractivity contribution is 1.04. The Balaban J connectivity index is 1.90. The molecule has 0 atom stereocenters. The van der Waals surface area contributed by atoms with Crippen LogP contribution in [0.1, 0.15) is 10.4 Å². The normalized spacial score (nSPS) is 10.5. The summed E-state index contributed by atoms with van der Waals surface area (Å²) in [7, 11) is 0. The highest BCUT2D eigenvalue weighted by Gasteiger charge is 2.00. The predicted octanol–water partition coefficient (Wildman–Crippen LogP) is 3.95. The van der Waals surface area contributed by atoms with Crippen LogP contribution in [-0.2, 0) is 6.42 Å². The summed E-state index contributed by atoms with van der Waals surface area (Å²) >= 11 is 7.52. The summed E-state index contributed by atoms with van der Waals surface area (Å²) in [5, 5.41) is 3.41. The van der Waals surface area contributed by atoms with Gasteiger partial charge in [0.1, 0.15) is 0 Å². The van der Waals surface area contributed by atoms with Crippen LogP contribution in [0.2, 0.25) is 4.34 Å². The lowest BCUT2D eigenvalue weighted by Crippen LogP contribution is -2.05. The van der Waals surface area contributed by atoms with Crippen molar-refractivity contribution in [3.05, 3.63) is 45.1 Å². The smallest absolute Gasteiger partial charge is 0.0931 e. The van der Waals surface area contributed by atoms with E-state index in [9.17, 15) is 0 Å². The minimum atomic E-state index is 0.804. The molecule has 1 aromatic carbocycles. The number of nitrogen functional groups attached to an aromatic ring is 1. The number of aryl methyl sites for hydroxylation is 1. The minimum absolute atomic E-state index is 0.804. The largest absolute Gasteiger partial charge is 0.399 e. The second-order valence-electron chi connectivity index (χ2n) is 3.96. The zero-order chi connectivity index (χ0) is 12.3. The first-order chi connectivity index (χ1) is 8.15. The average molecular weight is 267 g/mol. The fraction of sp³-hybridized carbons (Fsp3) is 0.231. The Kier molecular flexibility index (Phi) is 3.92. The van der Waals surface area contributed by atoms with Gasteiger partial charge in [-0.3, -0.25) is 0 Å². The van der Waals surface area contributed by atoms with E-state index in [0.717, 1.165) is 28.7 Å². The first-order valence-corrected chi connectivity index (χ1v) is 6.69. The van der Waals surface area contributed by atoms with Crippen LogP contribution < -0.4 is 11.1 Å². The van der Waals surface area contributed by atoms with Crippen molar-refractivity contribution in [2.75, 3.05) is 17.6 Å². The molecule has 0 aliphatic heterocycles. The van der Waals surface area contributed by atoms with Crippen LogP contribution in [-0.4, -0.2) is 6.54 Å². The summed E-state index contributed by atoms with van der Waals surface area (Å²) in [5.41, 5.74) is 8.83. The van der Waals surface area contributed by atoms with Crippen molar-refractivity contribution in [2.45, 2.75) is 13.3 Å². The number of hydrogen-bond donors (Lipinski definition) is 2. The third-order valence-electron chi connectivity index (χ3n) is 2.57. The van der Waals surface area contributed by atoms with Crippen LogP contribution in [0.25, 0.3) is 0 Å². The molecule has 2 rings (SSSR count). The van der Waals surface area contributed by atoms with E-state index in [1.165, 1.54) is 10.4 Å². The topological polar surface area (TPSA) is 38.0 Å². The summed E-state index contributed by atoms with van der Waals surface area (Å²) in [6, 6.07) is 9.92. The molecule has 0 saturated heterocycles. The fourth-order valence-corrected chi connectivity index (χ4v) is 2.78. The molecule has 0 unspecified atom stereocenters. The van der Waals surface area contributed by atoms with E-state index in [4.69, 9.17) is 17.3 Å². The molecule has 0 saturated carbocycles. The number of thiophene rings is 1. The molecule has 2 nitrogen and oxygen atoms in total. The van der Waals surface area contributed by atoms with Gasteiger partial charge in [-0.1, -0.05) is 11.6 Å². The van der Waals surface area contributed by atoms with Crippen LogP contribution in [0.15, 0.2) is 30.3 Å². The number of anilines is 2. The first-order valence-electron chi connectivity index (χ1n) is 5.49. The molecule has 90 valence electrons. The van der Waals surface area contributed by atoms with Crippen LogP contribution in [0, 0.1) is 6.92 Å². The molecule has 0 fully saturated rings. The van der Waals surface area contributed by atoms with Crippen molar-refractivity contribution in [1.82, 2.24) is 0 Å². The maximum absolute atomic E-state index is 5.88. The number of rotatable bonds is 4. The Hall–Kier alpha value is -1.19. The molecule has 0 aliphatic rings. The molecule has 17 heavy (non-hydrogen) atoms. The highest BCUT2D eigenvalue weighted by molar-refractivity contribution is 7.16. The molecule has 0 spiro atoms. The van der Waals surface area contributed by atoms with E-state index in [0.29, 0.717) is 0 Å². The third kappa shape index (κ3) is 3.38. The van der Waals surface area contributed by atoms with Crippen LogP contribution in [0.4, 0.5) is 11.4 Å². The van der Waals surface area contributed by atoms with Gasteiger partial charge in [0, 0.05) is 22.8 Å². The zero-order valence-corrected chi connectivity index (χ0v) is 11.2. The zero-order valence-electron chi connectivity index (χ0n) is 9.66. The van der Waals surface area contributed by atoms with Crippen molar-refractivity contribution >= 4 is 34.3 Å². The first kappa shape index (κ1) is 12.3. The quantitative estimate of drug-likeness (QED) is 0.823. The van der Waals surface area contributed by atoms with Gasteiger partial charge < -0.3 is 11.1 Å². The van der Waals surface area contributed by atoms with Crippen molar-refractivity contribution in [2.24, 2.45) is 0 Å². The van der Waals surface area contributed by atoms with E-state index < -0.39 is 0 Å². The van der Waals surface area contributed by atoms with Gasteiger partial charge in [0.05, 0.1) is 4.34 Å². The van der Waals surface area contributed by atoms with Gasteiger partial charge in [-0.2, -0.15) is 0 Å². The van der Waals surface area contributed by atoms with Gasteiger partial charge >= 0.3 is 0 Å². The second-order valence-corrected chi connectivity index (χ2v) is 5.76. The minimum Gasteiger partial charge on any atom is -0.399 e. The maximum atomic E-state index is 5.88. The van der Waals surface area contributed by atoms with E-state index in [2.05, 4.69) is 18.3 Å². The van der Waals surface area contributed by atoms with Gasteiger partial charge in [0.25, 0.3) is 0 Å². The number of hydrogen-bond acceptors (Lipinski definition) is 3. The van der Waals surface area contributed by atoms with Gasteiger partial charge in [-0.25, -0.2) is 0 Å². The van der Waals surface area contributed by atoms with Crippen molar-refractivity contribution in [1.29, 1.82) is 0 Å².